The lowest BCUT2D eigenvalue weighted by Crippen LogP contribution is -2.09. The van der Waals surface area contributed by atoms with Crippen molar-refractivity contribution in [3.05, 3.63) is 24.2 Å². The summed E-state index contributed by atoms with van der Waals surface area (Å²) in [6.45, 7) is 1.94. The molecule has 2 heterocycles. The first kappa shape index (κ1) is 11.5. The Bertz CT molecular complexity index is 480. The van der Waals surface area contributed by atoms with E-state index in [4.69, 9.17) is 15.0 Å². The van der Waals surface area contributed by atoms with E-state index in [1.807, 2.05) is 6.92 Å². The van der Waals surface area contributed by atoms with E-state index in [1.165, 1.54) is 0 Å². The minimum absolute atomic E-state index is 0.0554. The number of aromatic nitrogens is 3. The largest absolute Gasteiger partial charge is 0.397 e. The van der Waals surface area contributed by atoms with E-state index in [0.29, 0.717) is 29.5 Å². The summed E-state index contributed by atoms with van der Waals surface area (Å²) in [5, 5.41) is 3.87. The molecule has 6 heteroatoms. The first-order valence-electron chi connectivity index (χ1n) is 5.26. The Morgan fingerprint density at radius 1 is 1.47 bits per heavy atom. The molecule has 1 atom stereocenters. The first-order valence-corrected chi connectivity index (χ1v) is 5.26. The molecule has 2 aromatic rings. The third-order valence-corrected chi connectivity index (χ3v) is 2.35. The number of pyridine rings is 1. The fourth-order valence-corrected chi connectivity index (χ4v) is 1.31. The number of rotatable bonds is 4. The molecule has 0 bridgehead atoms. The van der Waals surface area contributed by atoms with Crippen molar-refractivity contribution in [3.63, 3.8) is 0 Å². The molecule has 0 aromatic carbocycles. The summed E-state index contributed by atoms with van der Waals surface area (Å²) in [5.74, 6) is 0.997. The maximum atomic E-state index is 5.55. The number of ether oxygens (including phenoxy) is 1. The molecule has 0 radical (unpaired) electrons. The van der Waals surface area contributed by atoms with Crippen molar-refractivity contribution < 1.29 is 9.26 Å². The highest BCUT2D eigenvalue weighted by atomic mass is 16.5. The van der Waals surface area contributed by atoms with Crippen molar-refractivity contribution in [2.75, 3.05) is 12.8 Å². The van der Waals surface area contributed by atoms with Crippen molar-refractivity contribution in [2.24, 2.45) is 0 Å². The summed E-state index contributed by atoms with van der Waals surface area (Å²) in [4.78, 5) is 8.35. The van der Waals surface area contributed by atoms with E-state index in [9.17, 15) is 0 Å². The highest BCUT2D eigenvalue weighted by Crippen LogP contribution is 2.15. The average molecular weight is 234 g/mol. The van der Waals surface area contributed by atoms with Crippen molar-refractivity contribution in [1.82, 2.24) is 15.1 Å². The summed E-state index contributed by atoms with van der Waals surface area (Å²) in [6.07, 6.45) is 2.21. The molecule has 0 saturated heterocycles. The zero-order valence-corrected chi connectivity index (χ0v) is 9.75. The highest BCUT2D eigenvalue weighted by molar-refractivity contribution is 5.50. The van der Waals surface area contributed by atoms with Crippen LogP contribution < -0.4 is 5.73 Å². The van der Waals surface area contributed by atoms with Crippen LogP contribution in [0.2, 0.25) is 0 Å². The predicted octanol–water partition coefficient (Wildman–Crippen LogP) is 1.29. The lowest BCUT2D eigenvalue weighted by Gasteiger charge is -2.03. The van der Waals surface area contributed by atoms with Crippen LogP contribution in [0, 0.1) is 0 Å². The molecule has 0 amide bonds. The summed E-state index contributed by atoms with van der Waals surface area (Å²) >= 11 is 0. The fraction of sp³-hybridized carbons (Fsp3) is 0.364. The topological polar surface area (TPSA) is 87.1 Å². The van der Waals surface area contributed by atoms with Gasteiger partial charge in [0.05, 0.1) is 18.0 Å². The molecule has 0 aliphatic rings. The number of hydrogen-bond donors (Lipinski definition) is 1. The highest BCUT2D eigenvalue weighted by Gasteiger charge is 2.12. The minimum Gasteiger partial charge on any atom is -0.397 e. The minimum atomic E-state index is 0.0554. The second kappa shape index (κ2) is 4.92. The number of methoxy groups -OCH3 is 1. The van der Waals surface area contributed by atoms with Gasteiger partial charge in [0.15, 0.2) is 5.82 Å². The molecule has 0 saturated carbocycles. The van der Waals surface area contributed by atoms with Gasteiger partial charge in [0.1, 0.15) is 5.69 Å². The molecule has 2 N–H and O–H groups in total. The quantitative estimate of drug-likeness (QED) is 0.857. The van der Waals surface area contributed by atoms with Crippen LogP contribution >= 0.6 is 0 Å². The fourth-order valence-electron chi connectivity index (χ4n) is 1.31. The summed E-state index contributed by atoms with van der Waals surface area (Å²) in [6, 6.07) is 3.48. The molecular weight excluding hydrogens is 220 g/mol. The molecule has 0 aliphatic carbocycles. The van der Waals surface area contributed by atoms with Gasteiger partial charge in [-0.15, -0.1) is 0 Å². The molecule has 90 valence electrons. The Balaban J connectivity index is 2.15. The third kappa shape index (κ3) is 2.79. The second-order valence-electron chi connectivity index (χ2n) is 3.74. The van der Waals surface area contributed by atoms with Crippen LogP contribution in [0.3, 0.4) is 0 Å². The molecule has 2 rings (SSSR count). The van der Waals surface area contributed by atoms with Crippen molar-refractivity contribution >= 4 is 5.69 Å². The zero-order chi connectivity index (χ0) is 12.3. The van der Waals surface area contributed by atoms with Crippen LogP contribution in [0.5, 0.6) is 0 Å². The van der Waals surface area contributed by atoms with E-state index in [2.05, 4.69) is 15.1 Å². The van der Waals surface area contributed by atoms with E-state index >= 15 is 0 Å². The van der Waals surface area contributed by atoms with Gasteiger partial charge in [-0.25, -0.2) is 4.98 Å². The molecule has 0 aliphatic heterocycles. The van der Waals surface area contributed by atoms with Gasteiger partial charge in [-0.1, -0.05) is 5.16 Å². The predicted molar refractivity (Wildman–Crippen MR) is 62.1 cm³/mol. The monoisotopic (exact) mass is 234 g/mol. The van der Waals surface area contributed by atoms with Crippen LogP contribution in [0.4, 0.5) is 5.69 Å². The lowest BCUT2D eigenvalue weighted by molar-refractivity contribution is 0.116. The van der Waals surface area contributed by atoms with Crippen LogP contribution in [0.15, 0.2) is 22.9 Å². The van der Waals surface area contributed by atoms with Crippen molar-refractivity contribution in [1.29, 1.82) is 0 Å². The zero-order valence-electron chi connectivity index (χ0n) is 9.75. The van der Waals surface area contributed by atoms with Gasteiger partial charge in [-0.3, -0.25) is 0 Å². The van der Waals surface area contributed by atoms with Gasteiger partial charge in [0, 0.05) is 13.5 Å². The van der Waals surface area contributed by atoms with Gasteiger partial charge < -0.3 is 15.0 Å². The van der Waals surface area contributed by atoms with Crippen LogP contribution in [-0.2, 0) is 11.2 Å². The van der Waals surface area contributed by atoms with E-state index < -0.39 is 0 Å². The van der Waals surface area contributed by atoms with E-state index in [-0.39, 0.29) is 6.10 Å². The Morgan fingerprint density at radius 3 is 2.94 bits per heavy atom. The average Bonchev–Trinajstić information content (AvgIpc) is 2.78. The molecule has 17 heavy (non-hydrogen) atoms. The molecule has 0 fully saturated rings. The number of nitrogen functional groups attached to an aromatic ring is 1. The Hall–Kier alpha value is -1.95. The SMILES string of the molecule is COC(C)Cc1noc(-c2ccc(N)cn2)n1. The molecular formula is C11H14N4O2. The van der Waals surface area contributed by atoms with Gasteiger partial charge in [0.2, 0.25) is 0 Å². The van der Waals surface area contributed by atoms with Gasteiger partial charge in [-0.2, -0.15) is 4.98 Å². The Kier molecular flexibility index (Phi) is 3.34. The van der Waals surface area contributed by atoms with Gasteiger partial charge in [0.25, 0.3) is 5.89 Å². The summed E-state index contributed by atoms with van der Waals surface area (Å²) in [7, 11) is 1.65. The van der Waals surface area contributed by atoms with Gasteiger partial charge >= 0.3 is 0 Å². The Morgan fingerprint density at radius 2 is 2.29 bits per heavy atom. The summed E-state index contributed by atoms with van der Waals surface area (Å²) in [5.41, 5.74) is 6.76. The lowest BCUT2D eigenvalue weighted by atomic mass is 10.3. The van der Waals surface area contributed by atoms with Crippen LogP contribution in [-0.4, -0.2) is 28.3 Å². The normalized spacial score (nSPS) is 12.6. The standard InChI is InChI=1S/C11H14N4O2/c1-7(16-2)5-10-14-11(17-15-10)9-4-3-8(12)6-13-9/h3-4,6-7H,5,12H2,1-2H3. The molecule has 6 nitrogen and oxygen atoms in total. The van der Waals surface area contributed by atoms with Gasteiger partial charge in [-0.05, 0) is 19.1 Å². The third-order valence-electron chi connectivity index (χ3n) is 2.35. The second-order valence-corrected chi connectivity index (χ2v) is 3.74. The Labute approximate surface area is 98.8 Å². The summed E-state index contributed by atoms with van der Waals surface area (Å²) < 4.78 is 10.2. The first-order chi connectivity index (χ1) is 8.19. The van der Waals surface area contributed by atoms with Crippen molar-refractivity contribution in [3.8, 4) is 11.6 Å². The number of nitrogens with two attached hydrogens (primary N) is 1. The maximum absolute atomic E-state index is 5.55. The molecule has 0 spiro atoms. The van der Waals surface area contributed by atoms with E-state index in [0.717, 1.165) is 0 Å². The number of hydrogen-bond acceptors (Lipinski definition) is 6. The van der Waals surface area contributed by atoms with Crippen LogP contribution in [0.1, 0.15) is 12.7 Å². The number of anilines is 1. The molecule has 2 aromatic heterocycles. The smallest absolute Gasteiger partial charge is 0.276 e. The van der Waals surface area contributed by atoms with E-state index in [1.54, 1.807) is 25.4 Å². The number of nitrogens with zero attached hydrogens (tertiary/aromatic N) is 3. The van der Waals surface area contributed by atoms with Crippen molar-refractivity contribution in [2.45, 2.75) is 19.4 Å². The molecule has 1 unspecified atom stereocenters. The maximum Gasteiger partial charge on any atom is 0.276 e. The van der Waals surface area contributed by atoms with Crippen LogP contribution in [0.25, 0.3) is 11.6 Å².